The van der Waals surface area contributed by atoms with E-state index >= 15 is 0 Å². The third-order valence-electron chi connectivity index (χ3n) is 9.18. The standard InChI is InChI=1S/C31H37BF4N2O3/c1-22(9-16-33)27(39)38(25-6-4-5-24(17-25)32-40-20-28(2,3)21-41-32)19-29-10-13-30(14-11-29,15-12-29)26-8-7-23(18-37-26)31(34,35)36/h4-8,17-18H,1,9-16,19-21H2,2-3H3. The molecule has 1 amide bonds. The summed E-state index contributed by atoms with van der Waals surface area (Å²) in [5, 5.41) is 0. The fourth-order valence-electron chi connectivity index (χ4n) is 6.51. The number of carbonyl (C=O) groups excluding carboxylic acids is 1. The van der Waals surface area contributed by atoms with Crippen LogP contribution in [-0.4, -0.2) is 44.4 Å². The first-order valence-electron chi connectivity index (χ1n) is 14.3. The fraction of sp³-hybridized carbons (Fsp3) is 0.548. The Balaban J connectivity index is 1.36. The second-order valence-electron chi connectivity index (χ2n) is 12.9. The van der Waals surface area contributed by atoms with Gasteiger partial charge >= 0.3 is 13.3 Å². The van der Waals surface area contributed by atoms with Gasteiger partial charge in [0.2, 0.25) is 0 Å². The Hall–Kier alpha value is -2.72. The number of nitrogens with zero attached hydrogens (tertiary/aromatic N) is 2. The van der Waals surface area contributed by atoms with Crippen molar-refractivity contribution >= 4 is 24.2 Å². The largest absolute Gasteiger partial charge is 0.493 e. The minimum Gasteiger partial charge on any atom is -0.407 e. The maximum absolute atomic E-state index is 13.6. The summed E-state index contributed by atoms with van der Waals surface area (Å²) in [6.45, 7) is 8.93. The molecular formula is C31H37BF4N2O3. The van der Waals surface area contributed by atoms with E-state index in [1.807, 2.05) is 24.3 Å². The zero-order chi connectivity index (χ0) is 29.5. The highest BCUT2D eigenvalue weighted by Crippen LogP contribution is 2.58. The van der Waals surface area contributed by atoms with Crippen molar-refractivity contribution in [1.82, 2.24) is 4.98 Å². The maximum atomic E-state index is 13.6. The molecule has 6 rings (SSSR count). The van der Waals surface area contributed by atoms with Gasteiger partial charge in [-0.25, -0.2) is 0 Å². The van der Waals surface area contributed by atoms with E-state index in [1.165, 1.54) is 6.07 Å². The van der Waals surface area contributed by atoms with Crippen LogP contribution < -0.4 is 10.4 Å². The summed E-state index contributed by atoms with van der Waals surface area (Å²) in [4.78, 5) is 19.6. The minimum atomic E-state index is -4.41. The number of anilines is 1. The van der Waals surface area contributed by atoms with E-state index in [-0.39, 0.29) is 34.1 Å². The van der Waals surface area contributed by atoms with E-state index in [9.17, 15) is 22.4 Å². The lowest BCUT2D eigenvalue weighted by molar-refractivity contribution is -0.137. The van der Waals surface area contributed by atoms with Gasteiger partial charge in [-0.1, -0.05) is 32.6 Å². The lowest BCUT2D eigenvalue weighted by Gasteiger charge is -2.54. The van der Waals surface area contributed by atoms with Gasteiger partial charge in [0.25, 0.3) is 5.91 Å². The van der Waals surface area contributed by atoms with E-state index in [1.54, 1.807) is 4.90 Å². The highest BCUT2D eigenvalue weighted by molar-refractivity contribution is 6.61. The van der Waals surface area contributed by atoms with Gasteiger partial charge in [0.05, 0.1) is 12.2 Å². The Morgan fingerprint density at radius 3 is 2.27 bits per heavy atom. The number of hydrogen-bond donors (Lipinski definition) is 0. The van der Waals surface area contributed by atoms with Gasteiger partial charge in [-0.3, -0.25) is 14.2 Å². The first-order valence-corrected chi connectivity index (χ1v) is 14.3. The molecule has 2 aromatic rings. The van der Waals surface area contributed by atoms with Crippen molar-refractivity contribution in [2.24, 2.45) is 10.8 Å². The Kier molecular flexibility index (Phi) is 8.11. The second kappa shape index (κ2) is 11.2. The molecule has 41 heavy (non-hydrogen) atoms. The lowest BCUT2D eigenvalue weighted by Crippen LogP contribution is -2.51. The Morgan fingerprint density at radius 1 is 1.05 bits per heavy atom. The average Bonchev–Trinajstić information content (AvgIpc) is 2.96. The summed E-state index contributed by atoms with van der Waals surface area (Å²) >= 11 is 0. The molecular weight excluding hydrogens is 535 g/mol. The molecule has 0 unspecified atom stereocenters. The van der Waals surface area contributed by atoms with Crippen molar-refractivity contribution in [3.05, 3.63) is 66.0 Å². The van der Waals surface area contributed by atoms with Gasteiger partial charge in [-0.05, 0) is 73.7 Å². The fourth-order valence-corrected chi connectivity index (χ4v) is 6.51. The normalized spacial score (nSPS) is 25.7. The van der Waals surface area contributed by atoms with Crippen LogP contribution in [-0.2, 0) is 25.7 Å². The molecule has 2 heterocycles. The molecule has 3 aliphatic carbocycles. The van der Waals surface area contributed by atoms with Crippen molar-refractivity contribution < 1.29 is 31.7 Å². The SMILES string of the molecule is C=C(CCF)C(=O)N(CC12CCC(c3ccc(C(F)(F)F)cn3)(CC1)CC2)c1cccc(B2OCC(C)(C)CO2)c1. The van der Waals surface area contributed by atoms with E-state index < -0.39 is 25.5 Å². The molecule has 0 radical (unpaired) electrons. The maximum Gasteiger partial charge on any atom is 0.493 e. The molecule has 220 valence electrons. The minimum absolute atomic E-state index is 0.0331. The Morgan fingerprint density at radius 2 is 1.71 bits per heavy atom. The smallest absolute Gasteiger partial charge is 0.407 e. The van der Waals surface area contributed by atoms with Crippen LogP contribution in [0.4, 0.5) is 23.2 Å². The third-order valence-corrected chi connectivity index (χ3v) is 9.18. The van der Waals surface area contributed by atoms with E-state index in [2.05, 4.69) is 25.4 Å². The van der Waals surface area contributed by atoms with Crippen molar-refractivity contribution in [2.75, 3.05) is 31.3 Å². The summed E-state index contributed by atoms with van der Waals surface area (Å²) in [6, 6.07) is 10.2. The number of rotatable bonds is 8. The molecule has 1 aromatic carbocycles. The second-order valence-corrected chi connectivity index (χ2v) is 12.9. The van der Waals surface area contributed by atoms with Gasteiger partial charge in [-0.15, -0.1) is 0 Å². The number of fused-ring (bicyclic) bond motifs is 3. The van der Waals surface area contributed by atoms with Gasteiger partial charge in [0.1, 0.15) is 0 Å². The number of benzene rings is 1. The van der Waals surface area contributed by atoms with Crippen molar-refractivity contribution in [2.45, 2.75) is 70.4 Å². The van der Waals surface area contributed by atoms with Crippen LogP contribution in [0.25, 0.3) is 0 Å². The number of hydrogen-bond acceptors (Lipinski definition) is 4. The molecule has 0 spiro atoms. The van der Waals surface area contributed by atoms with Crippen LogP contribution >= 0.6 is 0 Å². The zero-order valence-corrected chi connectivity index (χ0v) is 23.7. The molecule has 0 atom stereocenters. The Labute approximate surface area is 239 Å². The third kappa shape index (κ3) is 6.24. The molecule has 4 aliphatic rings. The molecule has 1 saturated heterocycles. The number of alkyl halides is 4. The molecule has 0 N–H and O–H groups in total. The van der Waals surface area contributed by atoms with Crippen LogP contribution in [0.2, 0.25) is 0 Å². The number of carbonyl (C=O) groups is 1. The number of amides is 1. The van der Waals surface area contributed by atoms with Crippen LogP contribution in [0.3, 0.4) is 0 Å². The summed E-state index contributed by atoms with van der Waals surface area (Å²) in [5.41, 5.74) is 1.21. The molecule has 1 aromatic heterocycles. The topological polar surface area (TPSA) is 51.7 Å². The van der Waals surface area contributed by atoms with Crippen molar-refractivity contribution in [1.29, 1.82) is 0 Å². The molecule has 4 fully saturated rings. The predicted molar refractivity (Wildman–Crippen MR) is 151 cm³/mol. The molecule has 3 saturated carbocycles. The Bertz CT molecular complexity index is 1250. The predicted octanol–water partition coefficient (Wildman–Crippen LogP) is 6.41. The van der Waals surface area contributed by atoms with Crippen molar-refractivity contribution in [3.8, 4) is 0 Å². The average molecular weight is 572 g/mol. The van der Waals surface area contributed by atoms with Crippen LogP contribution in [0.5, 0.6) is 0 Å². The molecule has 1 aliphatic heterocycles. The molecule has 2 bridgehead atoms. The molecule has 5 nitrogen and oxygen atoms in total. The lowest BCUT2D eigenvalue weighted by atomic mass is 9.52. The van der Waals surface area contributed by atoms with Gasteiger partial charge in [0.15, 0.2) is 0 Å². The van der Waals surface area contributed by atoms with Gasteiger partial charge < -0.3 is 14.2 Å². The first-order chi connectivity index (χ1) is 19.4. The van der Waals surface area contributed by atoms with Crippen LogP contribution in [0.1, 0.15) is 70.1 Å². The highest BCUT2D eigenvalue weighted by Gasteiger charge is 2.51. The number of aromatic nitrogens is 1. The summed E-state index contributed by atoms with van der Waals surface area (Å²) in [7, 11) is -0.534. The van der Waals surface area contributed by atoms with E-state index in [4.69, 9.17) is 9.31 Å². The summed E-state index contributed by atoms with van der Waals surface area (Å²) < 4.78 is 64.4. The zero-order valence-electron chi connectivity index (χ0n) is 23.7. The van der Waals surface area contributed by atoms with Crippen LogP contribution in [0.15, 0.2) is 54.7 Å². The monoisotopic (exact) mass is 572 g/mol. The van der Waals surface area contributed by atoms with Gasteiger partial charge in [0, 0.05) is 60.2 Å². The van der Waals surface area contributed by atoms with Crippen LogP contribution in [0, 0.1) is 10.8 Å². The summed E-state index contributed by atoms with van der Waals surface area (Å²) in [6.07, 6.45) is 1.31. The quantitative estimate of drug-likeness (QED) is 0.209. The van der Waals surface area contributed by atoms with E-state index in [0.29, 0.717) is 31.1 Å². The number of halogens is 4. The highest BCUT2D eigenvalue weighted by atomic mass is 19.4. The number of pyridine rings is 1. The first kappa shape index (κ1) is 29.8. The van der Waals surface area contributed by atoms with Gasteiger partial charge in [-0.2, -0.15) is 13.2 Å². The van der Waals surface area contributed by atoms with Crippen molar-refractivity contribution in [3.63, 3.8) is 0 Å². The summed E-state index contributed by atoms with van der Waals surface area (Å²) in [5.74, 6) is -0.299. The molecule has 10 heteroatoms. The van der Waals surface area contributed by atoms with E-state index in [0.717, 1.165) is 56.3 Å².